The van der Waals surface area contributed by atoms with Crippen molar-refractivity contribution in [3.63, 3.8) is 0 Å². The van der Waals surface area contributed by atoms with Crippen LogP contribution < -0.4 is 0 Å². The Morgan fingerprint density at radius 2 is 1.62 bits per heavy atom. The molecular weight excluding hydrogens is 448 g/mol. The maximum Gasteiger partial charge on any atom is 0.187 e. The lowest BCUT2D eigenvalue weighted by Gasteiger charge is -2.41. The van der Waals surface area contributed by atoms with Gasteiger partial charge in [0.2, 0.25) is 0 Å². The lowest BCUT2D eigenvalue weighted by atomic mass is 9.68. The van der Waals surface area contributed by atoms with Crippen molar-refractivity contribution < 1.29 is 49.6 Å². The molecule has 3 rings (SSSR count). The minimum atomic E-state index is -1.55. The fraction of sp³-hybridized carbons (Fsp3) is 0.833. The van der Waals surface area contributed by atoms with Crippen molar-refractivity contribution in [2.75, 3.05) is 13.2 Å². The van der Waals surface area contributed by atoms with Gasteiger partial charge in [0, 0.05) is 5.92 Å². The van der Waals surface area contributed by atoms with Gasteiger partial charge in [0.1, 0.15) is 42.7 Å². The molecule has 0 spiro atoms. The second-order valence-electron chi connectivity index (χ2n) is 10.2. The molecule has 0 aromatic heterocycles. The van der Waals surface area contributed by atoms with Gasteiger partial charge in [0.15, 0.2) is 12.6 Å². The first kappa shape index (κ1) is 27.7. The number of ether oxygens (including phenoxy) is 4. The molecule has 11 atom stereocenters. The Bertz CT molecular complexity index is 725. The van der Waals surface area contributed by atoms with Crippen LogP contribution in [0, 0.1) is 11.3 Å². The van der Waals surface area contributed by atoms with Crippen LogP contribution in [0.2, 0.25) is 0 Å². The molecule has 0 saturated carbocycles. The molecule has 0 radical (unpaired) electrons. The second kappa shape index (κ2) is 11.4. The molecule has 196 valence electrons. The quantitative estimate of drug-likeness (QED) is 0.248. The predicted octanol–water partition coefficient (Wildman–Crippen LogP) is -0.407. The first-order valence-corrected chi connectivity index (χ1v) is 11.9. The van der Waals surface area contributed by atoms with E-state index < -0.39 is 68.0 Å². The zero-order valence-electron chi connectivity index (χ0n) is 20.2. The molecule has 0 aromatic carbocycles. The van der Waals surface area contributed by atoms with Crippen LogP contribution in [0.1, 0.15) is 40.5 Å². The number of aliphatic hydroxyl groups is 6. The topological polar surface area (TPSA) is 158 Å². The van der Waals surface area contributed by atoms with E-state index in [2.05, 4.69) is 32.9 Å². The standard InChI is InChI=1S/C24H40O10/c1-12-6-5-9-24(3,4)14(12)8-7-13(2)32-23-21(30)19(28)18(27)16(34-23)11-31-22-20(29)17(26)15(10-25)33-22/h6-8,13-23,25-30H,5,9-11H2,1-4H3/b8-7+/t13-,14+,15+,16-,17+,18-,19+,20-,21-,22-,23-/m1/s1. The molecule has 3 aliphatic rings. The fourth-order valence-electron chi connectivity index (χ4n) is 4.87. The van der Waals surface area contributed by atoms with Gasteiger partial charge < -0.3 is 49.6 Å². The molecule has 10 nitrogen and oxygen atoms in total. The summed E-state index contributed by atoms with van der Waals surface area (Å²) < 4.78 is 22.2. The number of hydrogen-bond acceptors (Lipinski definition) is 10. The third kappa shape index (κ3) is 6.07. The van der Waals surface area contributed by atoms with E-state index in [4.69, 9.17) is 18.9 Å². The van der Waals surface area contributed by atoms with E-state index in [1.807, 2.05) is 6.08 Å². The summed E-state index contributed by atoms with van der Waals surface area (Å²) in [5, 5.41) is 60.0. The molecule has 10 heteroatoms. The minimum absolute atomic E-state index is 0.119. The summed E-state index contributed by atoms with van der Waals surface area (Å²) in [4.78, 5) is 0. The molecule has 1 aliphatic carbocycles. The summed E-state index contributed by atoms with van der Waals surface area (Å²) in [5.41, 5.74) is 1.42. The van der Waals surface area contributed by atoms with Gasteiger partial charge in [-0.3, -0.25) is 0 Å². The molecular formula is C24H40O10. The second-order valence-corrected chi connectivity index (χ2v) is 10.2. The Morgan fingerprint density at radius 1 is 1.00 bits per heavy atom. The van der Waals surface area contributed by atoms with E-state index in [9.17, 15) is 30.6 Å². The van der Waals surface area contributed by atoms with Crippen molar-refractivity contribution in [2.45, 2.75) is 102 Å². The van der Waals surface area contributed by atoms with Crippen LogP contribution in [0.3, 0.4) is 0 Å². The third-order valence-corrected chi connectivity index (χ3v) is 7.10. The molecule has 2 fully saturated rings. The van der Waals surface area contributed by atoms with E-state index in [0.717, 1.165) is 12.8 Å². The molecule has 0 unspecified atom stereocenters. The number of allylic oxidation sites excluding steroid dienone is 3. The monoisotopic (exact) mass is 488 g/mol. The van der Waals surface area contributed by atoms with Crippen molar-refractivity contribution in [3.8, 4) is 0 Å². The summed E-state index contributed by atoms with van der Waals surface area (Å²) in [5.74, 6) is 0.258. The average molecular weight is 489 g/mol. The van der Waals surface area contributed by atoms with Crippen molar-refractivity contribution in [1.82, 2.24) is 0 Å². The fourth-order valence-corrected chi connectivity index (χ4v) is 4.87. The Balaban J connectivity index is 1.59. The highest BCUT2D eigenvalue weighted by Gasteiger charge is 2.47. The molecule has 6 N–H and O–H groups in total. The lowest BCUT2D eigenvalue weighted by Crippen LogP contribution is -2.60. The van der Waals surface area contributed by atoms with Crippen LogP contribution in [-0.4, -0.2) is 105 Å². The third-order valence-electron chi connectivity index (χ3n) is 7.10. The minimum Gasteiger partial charge on any atom is -0.394 e. The zero-order valence-corrected chi connectivity index (χ0v) is 20.2. The highest BCUT2D eigenvalue weighted by Crippen LogP contribution is 2.41. The Labute approximate surface area is 200 Å². The Morgan fingerprint density at radius 3 is 2.24 bits per heavy atom. The molecule has 0 aromatic rings. The van der Waals surface area contributed by atoms with Crippen molar-refractivity contribution >= 4 is 0 Å². The molecule has 0 bridgehead atoms. The first-order valence-electron chi connectivity index (χ1n) is 11.9. The zero-order chi connectivity index (χ0) is 25.2. The van der Waals surface area contributed by atoms with Crippen molar-refractivity contribution in [3.05, 3.63) is 23.8 Å². The van der Waals surface area contributed by atoms with Gasteiger partial charge in [-0.2, -0.15) is 0 Å². The molecule has 0 amide bonds. The molecule has 2 heterocycles. The van der Waals surface area contributed by atoms with Crippen LogP contribution in [-0.2, 0) is 18.9 Å². The maximum atomic E-state index is 10.4. The van der Waals surface area contributed by atoms with Crippen molar-refractivity contribution in [1.29, 1.82) is 0 Å². The number of rotatable bonds is 8. The SMILES string of the molecule is CC1=CCCC(C)(C)[C@H]1/C=C/[C@@H](C)O[C@@H]1O[C@H](CO[C@@H]2O[C@@H](CO)[C@H](O)[C@H]2O)[C@@H](O)[C@H](O)[C@H]1O. The first-order chi connectivity index (χ1) is 16.0. The predicted molar refractivity (Wildman–Crippen MR) is 120 cm³/mol. The van der Waals surface area contributed by atoms with Crippen LogP contribution in [0.4, 0.5) is 0 Å². The van der Waals surface area contributed by atoms with Crippen LogP contribution >= 0.6 is 0 Å². The van der Waals surface area contributed by atoms with Gasteiger partial charge in [-0.1, -0.05) is 37.6 Å². The van der Waals surface area contributed by atoms with Gasteiger partial charge in [-0.25, -0.2) is 0 Å². The highest BCUT2D eigenvalue weighted by atomic mass is 16.7. The van der Waals surface area contributed by atoms with E-state index >= 15 is 0 Å². The number of aliphatic hydroxyl groups excluding tert-OH is 6. The Hall–Kier alpha value is -0.920. The summed E-state index contributed by atoms with van der Waals surface area (Å²) >= 11 is 0. The summed E-state index contributed by atoms with van der Waals surface area (Å²) in [6.07, 6.45) is -3.86. The molecule has 34 heavy (non-hydrogen) atoms. The smallest absolute Gasteiger partial charge is 0.187 e. The number of hydrogen-bond donors (Lipinski definition) is 6. The summed E-state index contributed by atoms with van der Waals surface area (Å²) in [6, 6.07) is 0. The van der Waals surface area contributed by atoms with E-state index in [1.54, 1.807) is 6.92 Å². The average Bonchev–Trinajstić information content (AvgIpc) is 3.05. The van der Waals surface area contributed by atoms with Crippen LogP contribution in [0.15, 0.2) is 23.8 Å². The summed E-state index contributed by atoms with van der Waals surface area (Å²) in [7, 11) is 0. The largest absolute Gasteiger partial charge is 0.394 e. The Kier molecular flexibility index (Phi) is 9.30. The molecule has 2 aliphatic heterocycles. The van der Waals surface area contributed by atoms with Gasteiger partial charge in [-0.15, -0.1) is 0 Å². The normalized spacial score (nSPS) is 43.8. The van der Waals surface area contributed by atoms with Gasteiger partial charge in [-0.05, 0) is 32.1 Å². The maximum absolute atomic E-state index is 10.4. The van der Waals surface area contributed by atoms with Gasteiger partial charge in [0.25, 0.3) is 0 Å². The van der Waals surface area contributed by atoms with Gasteiger partial charge in [0.05, 0.1) is 19.3 Å². The van der Waals surface area contributed by atoms with Gasteiger partial charge >= 0.3 is 0 Å². The lowest BCUT2D eigenvalue weighted by molar-refractivity contribution is -0.314. The molecule has 2 saturated heterocycles. The van der Waals surface area contributed by atoms with Crippen LogP contribution in [0.25, 0.3) is 0 Å². The highest BCUT2D eigenvalue weighted by molar-refractivity contribution is 5.19. The van der Waals surface area contributed by atoms with E-state index in [-0.39, 0.29) is 17.9 Å². The van der Waals surface area contributed by atoms with Crippen molar-refractivity contribution in [2.24, 2.45) is 11.3 Å². The summed E-state index contributed by atoms with van der Waals surface area (Å²) in [6.45, 7) is 7.55. The van der Waals surface area contributed by atoms with Crippen LogP contribution in [0.5, 0.6) is 0 Å². The van der Waals surface area contributed by atoms with E-state index in [1.165, 1.54) is 5.57 Å². The van der Waals surface area contributed by atoms with E-state index in [0.29, 0.717) is 0 Å².